The first-order valence-electron chi connectivity index (χ1n) is 8.05. The number of hydrogen-bond acceptors (Lipinski definition) is 5. The maximum atomic E-state index is 5.30. The van der Waals surface area contributed by atoms with Crippen molar-refractivity contribution in [3.63, 3.8) is 0 Å². The molecule has 0 aliphatic carbocycles. The molecule has 1 aromatic rings. The van der Waals surface area contributed by atoms with Crippen LogP contribution < -0.4 is 15.5 Å². The lowest BCUT2D eigenvalue weighted by atomic mass is 10.3. The summed E-state index contributed by atoms with van der Waals surface area (Å²) in [5.74, 6) is 0.815. The molecule has 1 fully saturated rings. The van der Waals surface area contributed by atoms with E-state index in [4.69, 9.17) is 9.72 Å². The maximum Gasteiger partial charge on any atom is 0.191 e. The van der Waals surface area contributed by atoms with E-state index in [1.54, 1.807) is 18.4 Å². The smallest absolute Gasteiger partial charge is 0.191 e. The highest BCUT2D eigenvalue weighted by atomic mass is 127. The Morgan fingerprint density at radius 2 is 2.09 bits per heavy atom. The van der Waals surface area contributed by atoms with Crippen molar-refractivity contribution in [3.8, 4) is 0 Å². The quantitative estimate of drug-likeness (QED) is 0.273. The number of nitrogens with zero attached hydrogens (tertiary/aromatic N) is 3. The molecule has 0 radical (unpaired) electrons. The molecule has 0 bridgehead atoms. The second kappa shape index (κ2) is 11.9. The van der Waals surface area contributed by atoms with E-state index < -0.39 is 0 Å². The number of nitrogens with one attached hydrogen (secondary N) is 2. The van der Waals surface area contributed by atoms with Crippen molar-refractivity contribution >= 4 is 46.4 Å². The summed E-state index contributed by atoms with van der Waals surface area (Å²) in [5, 5.41) is 9.88. The fourth-order valence-electron chi connectivity index (χ4n) is 2.38. The molecule has 0 aromatic carbocycles. The van der Waals surface area contributed by atoms with Gasteiger partial charge in [0.15, 0.2) is 11.1 Å². The first-order chi connectivity index (χ1) is 10.8. The number of guanidine groups is 1. The van der Waals surface area contributed by atoms with E-state index in [0.29, 0.717) is 6.61 Å². The Kier molecular flexibility index (Phi) is 10.5. The molecule has 1 aromatic heterocycles. The monoisotopic (exact) mass is 453 g/mol. The van der Waals surface area contributed by atoms with E-state index in [2.05, 4.69) is 25.9 Å². The van der Waals surface area contributed by atoms with E-state index in [1.165, 1.54) is 18.0 Å². The topological polar surface area (TPSA) is 61.8 Å². The van der Waals surface area contributed by atoms with Gasteiger partial charge in [-0.25, -0.2) is 4.98 Å². The lowest BCUT2D eigenvalue weighted by Gasteiger charge is -2.12. The van der Waals surface area contributed by atoms with Crippen molar-refractivity contribution in [2.45, 2.75) is 26.2 Å². The summed E-state index contributed by atoms with van der Waals surface area (Å²) >= 11 is 1.76. The molecular weight excluding hydrogens is 425 g/mol. The third-order valence-corrected chi connectivity index (χ3v) is 4.51. The van der Waals surface area contributed by atoms with Crippen LogP contribution in [0.5, 0.6) is 0 Å². The second-order valence-electron chi connectivity index (χ2n) is 5.19. The number of rotatable bonds is 8. The highest BCUT2D eigenvalue weighted by Crippen LogP contribution is 2.24. The normalized spacial score (nSPS) is 14.7. The van der Waals surface area contributed by atoms with Crippen LogP contribution in [0.25, 0.3) is 0 Å². The number of thiazole rings is 1. The van der Waals surface area contributed by atoms with Crippen LogP contribution >= 0.6 is 35.3 Å². The fraction of sp³-hybridized carbons (Fsp3) is 0.733. The van der Waals surface area contributed by atoms with E-state index in [9.17, 15) is 0 Å². The van der Waals surface area contributed by atoms with Crippen molar-refractivity contribution < 1.29 is 4.74 Å². The molecule has 0 saturated carbocycles. The van der Waals surface area contributed by atoms with Gasteiger partial charge >= 0.3 is 0 Å². The van der Waals surface area contributed by atoms with E-state index in [-0.39, 0.29) is 24.0 Å². The molecule has 0 spiro atoms. The van der Waals surface area contributed by atoms with Gasteiger partial charge in [-0.05, 0) is 19.8 Å². The van der Waals surface area contributed by atoms with Gasteiger partial charge in [-0.15, -0.1) is 35.3 Å². The highest BCUT2D eigenvalue weighted by Gasteiger charge is 2.15. The number of halogens is 1. The fourth-order valence-corrected chi connectivity index (χ4v) is 3.29. The third kappa shape index (κ3) is 7.21. The minimum absolute atomic E-state index is 0. The van der Waals surface area contributed by atoms with Gasteiger partial charge < -0.3 is 20.3 Å². The van der Waals surface area contributed by atoms with Crippen LogP contribution in [0.15, 0.2) is 10.4 Å². The number of ether oxygens (including phenoxy) is 1. The summed E-state index contributed by atoms with van der Waals surface area (Å²) < 4.78 is 5.30. The molecule has 23 heavy (non-hydrogen) atoms. The Morgan fingerprint density at radius 3 is 2.78 bits per heavy atom. The number of aliphatic imine (C=N–C) groups is 1. The SMILES string of the molecule is CCOCCNC(=NC)NCCc1csc(N2CCCC2)n1.I. The lowest BCUT2D eigenvalue weighted by molar-refractivity contribution is 0.152. The summed E-state index contributed by atoms with van der Waals surface area (Å²) in [6.07, 6.45) is 3.50. The minimum atomic E-state index is 0. The Hall–Kier alpha value is -0.610. The summed E-state index contributed by atoms with van der Waals surface area (Å²) in [7, 11) is 1.78. The molecule has 1 aliphatic rings. The maximum absolute atomic E-state index is 5.30. The second-order valence-corrected chi connectivity index (χ2v) is 6.02. The van der Waals surface area contributed by atoms with Gasteiger partial charge in [-0.1, -0.05) is 0 Å². The van der Waals surface area contributed by atoms with Gasteiger partial charge in [0, 0.05) is 51.6 Å². The van der Waals surface area contributed by atoms with Crippen molar-refractivity contribution in [2.75, 3.05) is 51.3 Å². The van der Waals surface area contributed by atoms with Crippen LogP contribution in [0, 0.1) is 0 Å². The Labute approximate surface area is 160 Å². The van der Waals surface area contributed by atoms with Gasteiger partial charge in [-0.2, -0.15) is 0 Å². The van der Waals surface area contributed by atoms with Crippen molar-refractivity contribution in [2.24, 2.45) is 4.99 Å². The van der Waals surface area contributed by atoms with Crippen LogP contribution in [0.3, 0.4) is 0 Å². The van der Waals surface area contributed by atoms with Crippen molar-refractivity contribution in [1.82, 2.24) is 15.6 Å². The van der Waals surface area contributed by atoms with E-state index in [0.717, 1.165) is 50.9 Å². The molecule has 1 aliphatic heterocycles. The average molecular weight is 453 g/mol. The van der Waals surface area contributed by atoms with E-state index >= 15 is 0 Å². The molecule has 6 nitrogen and oxygen atoms in total. The predicted molar refractivity (Wildman–Crippen MR) is 109 cm³/mol. The van der Waals surface area contributed by atoms with Gasteiger partial charge in [0.25, 0.3) is 0 Å². The first kappa shape index (κ1) is 20.4. The molecule has 2 heterocycles. The zero-order valence-corrected chi connectivity index (χ0v) is 17.2. The Balaban J connectivity index is 0.00000264. The Bertz CT molecular complexity index is 462. The molecule has 1 saturated heterocycles. The Morgan fingerprint density at radius 1 is 1.35 bits per heavy atom. The molecule has 2 N–H and O–H groups in total. The number of anilines is 1. The van der Waals surface area contributed by atoms with Crippen molar-refractivity contribution in [3.05, 3.63) is 11.1 Å². The summed E-state index contributed by atoms with van der Waals surface area (Å²) in [4.78, 5) is 11.3. The van der Waals surface area contributed by atoms with Gasteiger partial charge in [0.05, 0.1) is 12.3 Å². The van der Waals surface area contributed by atoms with Gasteiger partial charge in [0.1, 0.15) is 0 Å². The predicted octanol–water partition coefficient (Wildman–Crippen LogP) is 2.11. The standard InChI is InChI=1S/C15H27N5OS.HI/c1-3-21-11-8-18-14(16-2)17-7-6-13-12-22-15(19-13)20-9-4-5-10-20;/h12H,3-11H2,1-2H3,(H2,16,17,18);1H. The zero-order valence-electron chi connectivity index (χ0n) is 14.0. The van der Waals surface area contributed by atoms with Crippen LogP contribution in [0.2, 0.25) is 0 Å². The van der Waals surface area contributed by atoms with Crippen LogP contribution in [-0.4, -0.2) is 57.4 Å². The van der Waals surface area contributed by atoms with Crippen LogP contribution in [0.1, 0.15) is 25.5 Å². The largest absolute Gasteiger partial charge is 0.380 e. The molecule has 0 unspecified atom stereocenters. The molecule has 132 valence electrons. The number of hydrogen-bond donors (Lipinski definition) is 2. The summed E-state index contributed by atoms with van der Waals surface area (Å²) in [6.45, 7) is 7.35. The molecule has 8 heteroatoms. The highest BCUT2D eigenvalue weighted by molar-refractivity contribution is 14.0. The number of aromatic nitrogens is 1. The van der Waals surface area contributed by atoms with Gasteiger partial charge in [-0.3, -0.25) is 4.99 Å². The molecule has 0 amide bonds. The van der Waals surface area contributed by atoms with Gasteiger partial charge in [0.2, 0.25) is 0 Å². The molecule has 2 rings (SSSR count). The van der Waals surface area contributed by atoms with Crippen LogP contribution in [-0.2, 0) is 11.2 Å². The minimum Gasteiger partial charge on any atom is -0.380 e. The summed E-state index contributed by atoms with van der Waals surface area (Å²) in [5.41, 5.74) is 1.16. The molecular formula is C15H28IN5OS. The first-order valence-corrected chi connectivity index (χ1v) is 8.93. The average Bonchev–Trinajstić information content (AvgIpc) is 3.20. The van der Waals surface area contributed by atoms with Crippen molar-refractivity contribution in [1.29, 1.82) is 0 Å². The third-order valence-electron chi connectivity index (χ3n) is 3.56. The molecule has 0 atom stereocenters. The van der Waals surface area contributed by atoms with E-state index in [1.807, 2.05) is 6.92 Å². The zero-order chi connectivity index (χ0) is 15.6. The van der Waals surface area contributed by atoms with Crippen LogP contribution in [0.4, 0.5) is 5.13 Å². The summed E-state index contributed by atoms with van der Waals surface area (Å²) in [6, 6.07) is 0. The lowest BCUT2D eigenvalue weighted by Crippen LogP contribution is -2.39.